The lowest BCUT2D eigenvalue weighted by atomic mass is 10.1. The fraction of sp³-hybridized carbons (Fsp3) is 0.0345. The van der Waals surface area contributed by atoms with Crippen LogP contribution in [0.4, 0.5) is 5.69 Å². The first kappa shape index (κ1) is 50.2. The second kappa shape index (κ2) is 33.9. The van der Waals surface area contributed by atoms with Gasteiger partial charge in [-0.25, -0.2) is 13.1 Å². The number of sulfonamides is 1. The third kappa shape index (κ3) is 24.7. The summed E-state index contributed by atoms with van der Waals surface area (Å²) in [7, 11) is -3.89. The van der Waals surface area contributed by atoms with E-state index in [1.54, 1.807) is 13.0 Å². The van der Waals surface area contributed by atoms with Crippen LogP contribution in [-0.4, -0.2) is 8.42 Å². The lowest BCUT2D eigenvalue weighted by Gasteiger charge is -2.12. The van der Waals surface area contributed by atoms with Crippen molar-refractivity contribution in [3.8, 4) is 273 Å². The highest BCUT2D eigenvalue weighted by Crippen LogP contribution is 2.32. The Morgan fingerprint density at radius 3 is 1.12 bits per heavy atom. The second-order valence-corrected chi connectivity index (χ2v) is 11.9. The van der Waals surface area contributed by atoms with Crippen LogP contribution in [0, 0.1) is 269 Å². The van der Waals surface area contributed by atoms with Crippen molar-refractivity contribution in [1.82, 2.24) is 4.72 Å². The molecule has 0 aliphatic rings. The van der Waals surface area contributed by atoms with Crippen LogP contribution in [0.15, 0.2) is 41.3 Å². The molecule has 0 saturated heterocycles. The molecule has 7 nitrogen and oxygen atoms in total. The molecule has 0 bridgehead atoms. The van der Waals surface area contributed by atoms with Crippen molar-refractivity contribution in [2.45, 2.75) is 18.4 Å². The SMILES string of the molecule is C#CC#CC#CC#CC#CC#CC#CC#CC#CC#CC#COc1cc(CNS(=O)(=O)c2ccc(NN)cc2)cc(C)c1OC#CC#CC#CC#CC#CC#CC#CC#CC#CC#CC#C. The van der Waals surface area contributed by atoms with Gasteiger partial charge in [0.05, 0.1) is 4.90 Å². The molecule has 0 atom stereocenters. The molecule has 0 aromatic heterocycles. The van der Waals surface area contributed by atoms with E-state index in [1.165, 1.54) is 30.3 Å². The minimum atomic E-state index is -3.89. The van der Waals surface area contributed by atoms with E-state index < -0.39 is 10.0 Å². The van der Waals surface area contributed by atoms with Crippen molar-refractivity contribution < 1.29 is 17.9 Å². The number of nitrogen functional groups attached to an aromatic ring is 1. The number of rotatable bonds is 7. The summed E-state index contributed by atoms with van der Waals surface area (Å²) >= 11 is 0. The minimum absolute atomic E-state index is 0.0379. The smallest absolute Gasteiger partial charge is 0.240 e. The van der Waals surface area contributed by atoms with Gasteiger partial charge in [-0.3, -0.25) is 5.84 Å². The molecule has 2 aromatic carbocycles. The van der Waals surface area contributed by atoms with E-state index in [2.05, 4.69) is 259 Å². The topological polar surface area (TPSA) is 103 Å². The first-order valence-corrected chi connectivity index (χ1v) is 18.8. The Bertz CT molecular complexity index is 3860. The highest BCUT2D eigenvalue weighted by molar-refractivity contribution is 7.89. The molecule has 0 heterocycles. The summed E-state index contributed by atoms with van der Waals surface area (Å²) in [5.74, 6) is 104. The first-order chi connectivity index (χ1) is 32.4. The summed E-state index contributed by atoms with van der Waals surface area (Å²) in [6.45, 7) is 1.60. The van der Waals surface area contributed by atoms with Crippen LogP contribution in [0.5, 0.6) is 11.5 Å². The van der Waals surface area contributed by atoms with Crippen LogP contribution in [-0.2, 0) is 16.6 Å². The van der Waals surface area contributed by atoms with Gasteiger partial charge < -0.3 is 14.9 Å². The zero-order valence-electron chi connectivity index (χ0n) is 33.9. The number of hydrogen-bond acceptors (Lipinski definition) is 6. The van der Waals surface area contributed by atoms with E-state index >= 15 is 0 Å². The van der Waals surface area contributed by atoms with Crippen LogP contribution in [0.25, 0.3) is 0 Å². The predicted molar refractivity (Wildman–Crippen MR) is 254 cm³/mol. The maximum atomic E-state index is 12.9. The number of nitrogens with two attached hydrogens (primary N) is 1. The normalized spacial score (nSPS) is 6.55. The van der Waals surface area contributed by atoms with Gasteiger partial charge in [0.1, 0.15) is 12.2 Å². The Kier molecular flexibility index (Phi) is 25.8. The van der Waals surface area contributed by atoms with Gasteiger partial charge in [0.25, 0.3) is 0 Å². The third-order valence-corrected chi connectivity index (χ3v) is 7.33. The van der Waals surface area contributed by atoms with E-state index in [0.717, 1.165) is 0 Å². The molecular weight excluding hydrogens is 835 g/mol. The zero-order chi connectivity index (χ0) is 47.4. The van der Waals surface area contributed by atoms with Gasteiger partial charge in [-0.1, -0.05) is 6.07 Å². The largest absolute Gasteiger partial charge is 0.403 e. The summed E-state index contributed by atoms with van der Waals surface area (Å²) in [5.41, 5.74) is 4.04. The van der Waals surface area contributed by atoms with Crippen molar-refractivity contribution in [3.63, 3.8) is 0 Å². The van der Waals surface area contributed by atoms with Gasteiger partial charge in [0.15, 0.2) is 11.5 Å². The van der Waals surface area contributed by atoms with Crippen LogP contribution in [0.1, 0.15) is 11.1 Å². The van der Waals surface area contributed by atoms with E-state index in [0.29, 0.717) is 16.8 Å². The fourth-order valence-electron chi connectivity index (χ4n) is 3.46. The molecule has 0 saturated carbocycles. The second-order valence-electron chi connectivity index (χ2n) is 10.2. The highest BCUT2D eigenvalue weighted by atomic mass is 32.2. The summed E-state index contributed by atoms with van der Waals surface area (Å²) < 4.78 is 39.7. The Morgan fingerprint density at radius 2 is 0.788 bits per heavy atom. The summed E-state index contributed by atoms with van der Waals surface area (Å²) in [6.07, 6.45) is 14.8. The number of hydrazine groups is 1. The van der Waals surface area contributed by atoms with E-state index in [1.807, 2.05) is 0 Å². The maximum Gasteiger partial charge on any atom is 0.240 e. The Morgan fingerprint density at radius 1 is 0.470 bits per heavy atom. The molecule has 0 aliphatic heterocycles. The molecule has 0 spiro atoms. The Hall–Kier alpha value is -12.0. The van der Waals surface area contributed by atoms with Crippen LogP contribution >= 0.6 is 0 Å². The molecule has 0 unspecified atom stereocenters. The molecule has 294 valence electrons. The van der Waals surface area contributed by atoms with E-state index in [9.17, 15) is 8.42 Å². The number of anilines is 1. The van der Waals surface area contributed by atoms with Gasteiger partial charge in [-0.15, -0.1) is 12.8 Å². The molecule has 2 aromatic rings. The quantitative estimate of drug-likeness (QED) is 0.223. The molecule has 2 rings (SSSR count). The monoisotopic (exact) mass is 851 g/mol. The number of terminal acetylenes is 2. The van der Waals surface area contributed by atoms with Crippen molar-refractivity contribution in [2.24, 2.45) is 5.84 Å². The van der Waals surface area contributed by atoms with Gasteiger partial charge >= 0.3 is 0 Å². The van der Waals surface area contributed by atoms with Gasteiger partial charge in [0, 0.05) is 154 Å². The van der Waals surface area contributed by atoms with Crippen LogP contribution < -0.4 is 25.5 Å². The Balaban J connectivity index is 2.16. The lowest BCUT2D eigenvalue weighted by molar-refractivity contribution is 0.449. The Labute approximate surface area is 387 Å². The summed E-state index contributed by atoms with van der Waals surface area (Å²) in [5, 5.41) is 0. The van der Waals surface area contributed by atoms with Crippen LogP contribution in [0.3, 0.4) is 0 Å². The predicted octanol–water partition coefficient (Wildman–Crippen LogP) is 1.77. The highest BCUT2D eigenvalue weighted by Gasteiger charge is 2.16. The van der Waals surface area contributed by atoms with E-state index in [-0.39, 0.29) is 22.9 Å². The molecule has 66 heavy (non-hydrogen) atoms. The third-order valence-electron chi connectivity index (χ3n) is 5.91. The molecule has 0 amide bonds. The van der Waals surface area contributed by atoms with Crippen molar-refractivity contribution >= 4 is 15.7 Å². The average molecular weight is 852 g/mol. The lowest BCUT2D eigenvalue weighted by Crippen LogP contribution is -2.23. The van der Waals surface area contributed by atoms with E-state index in [4.69, 9.17) is 28.2 Å². The zero-order valence-corrected chi connectivity index (χ0v) is 34.8. The minimum Gasteiger partial charge on any atom is -0.403 e. The van der Waals surface area contributed by atoms with Gasteiger partial charge in [0.2, 0.25) is 10.0 Å². The average Bonchev–Trinajstić information content (AvgIpc) is 3.32. The molecule has 8 heteroatoms. The first-order valence-electron chi connectivity index (χ1n) is 17.4. The van der Waals surface area contributed by atoms with Crippen molar-refractivity contribution in [2.75, 3.05) is 5.43 Å². The number of hydrogen-bond donors (Lipinski definition) is 3. The van der Waals surface area contributed by atoms with Gasteiger partial charge in [-0.2, -0.15) is 0 Å². The molecule has 4 N–H and O–H groups in total. The molecular formula is C58H17N3O4S. The number of aryl methyl sites for hydroxylation is 1. The van der Waals surface area contributed by atoms with Gasteiger partial charge in [-0.05, 0) is 143 Å². The fourth-order valence-corrected chi connectivity index (χ4v) is 4.47. The number of benzene rings is 2. The standard InChI is InChI=1S/C58H17N3O4S/c1-4-6-8-10-12-14-16-18-20-22-24-26-28-30-32-34-36-38-40-42-48-64-57-51-54(52-60-66(62,63)56-46-44-55(61-59)45-47-56)50-53(3)58(57)65-49-43-41-39-37-35-33-31-29-27-25-23-21-19-17-15-13-11-9-7-5-2/h1-2,44-47,50-51,60-61H,52,59H2,3H3. The number of nitrogens with one attached hydrogen (secondary N) is 2. The molecule has 0 aliphatic carbocycles. The molecule has 0 fully saturated rings. The van der Waals surface area contributed by atoms with Crippen molar-refractivity contribution in [3.05, 3.63) is 47.5 Å². The molecule has 0 radical (unpaired) electrons. The number of ether oxygens (including phenoxy) is 2. The summed E-state index contributed by atoms with van der Waals surface area (Å²) in [6, 6.07) is 9.09. The van der Waals surface area contributed by atoms with Crippen molar-refractivity contribution in [1.29, 1.82) is 0 Å². The summed E-state index contributed by atoms with van der Waals surface area (Å²) in [4.78, 5) is 0.0379. The maximum absolute atomic E-state index is 12.9. The van der Waals surface area contributed by atoms with Crippen LogP contribution in [0.2, 0.25) is 0 Å².